The molecule has 1 aromatic carbocycles. The maximum absolute atomic E-state index is 13.2. The molecule has 0 fully saturated rings. The summed E-state index contributed by atoms with van der Waals surface area (Å²) in [6.07, 6.45) is 0.984. The monoisotopic (exact) mass is 263 g/mol. The Labute approximate surface area is 110 Å². The normalized spacial score (nSPS) is 22.4. The molecule has 0 aromatic heterocycles. The highest BCUT2D eigenvalue weighted by Crippen LogP contribution is 2.30. The minimum atomic E-state index is -0.498. The van der Waals surface area contributed by atoms with Crippen LogP contribution in [0.3, 0.4) is 0 Å². The van der Waals surface area contributed by atoms with Crippen LogP contribution in [0.2, 0.25) is 0 Å². The van der Waals surface area contributed by atoms with Crippen LogP contribution in [0.4, 0.5) is 10.1 Å². The molecule has 94 valence electrons. The third kappa shape index (κ3) is 2.65. The second kappa shape index (κ2) is 4.99. The number of hydrogen-bond acceptors (Lipinski definition) is 4. The van der Waals surface area contributed by atoms with Gasteiger partial charge in [-0.25, -0.2) is 4.39 Å². The number of thioether (sulfide) groups is 1. The molecule has 18 heavy (non-hydrogen) atoms. The van der Waals surface area contributed by atoms with Gasteiger partial charge >= 0.3 is 0 Å². The molecule has 2 rings (SSSR count). The highest BCUT2D eigenvalue weighted by atomic mass is 32.2. The molecule has 0 radical (unpaired) electrons. The second-order valence-corrected chi connectivity index (χ2v) is 5.45. The smallest absolute Gasteiger partial charge is 0.161 e. The average molecular weight is 263 g/mol. The van der Waals surface area contributed by atoms with Crippen LogP contribution in [0.25, 0.3) is 0 Å². The van der Waals surface area contributed by atoms with E-state index in [0.29, 0.717) is 5.69 Å². The van der Waals surface area contributed by atoms with Crippen molar-refractivity contribution in [3.05, 3.63) is 29.6 Å². The first-order valence-electron chi connectivity index (χ1n) is 5.75. The van der Waals surface area contributed by atoms with Crippen LogP contribution in [0.1, 0.15) is 25.8 Å². The number of amidine groups is 1. The van der Waals surface area contributed by atoms with E-state index in [1.165, 1.54) is 12.1 Å². The third-order valence-electron chi connectivity index (χ3n) is 2.99. The van der Waals surface area contributed by atoms with Crippen LogP contribution in [0.5, 0.6) is 0 Å². The molecule has 0 spiro atoms. The van der Waals surface area contributed by atoms with E-state index in [2.05, 4.69) is 24.2 Å². The number of anilines is 1. The minimum absolute atomic E-state index is 0.0227. The van der Waals surface area contributed by atoms with Gasteiger partial charge in [0.05, 0.1) is 11.1 Å². The Morgan fingerprint density at radius 3 is 3.00 bits per heavy atom. The molecule has 5 heteroatoms. The van der Waals surface area contributed by atoms with Gasteiger partial charge in [-0.1, -0.05) is 18.7 Å². The number of halogens is 1. The lowest BCUT2D eigenvalue weighted by molar-refractivity contribution is 0.523. The van der Waals surface area contributed by atoms with Crippen molar-refractivity contribution in [2.75, 3.05) is 11.1 Å². The summed E-state index contributed by atoms with van der Waals surface area (Å²) in [4.78, 5) is 4.60. The molecule has 3 nitrogen and oxygen atoms in total. The fraction of sp³-hybridized carbons (Fsp3) is 0.385. The Balaban J connectivity index is 2.17. The molecule has 1 aliphatic heterocycles. The lowest BCUT2D eigenvalue weighted by Crippen LogP contribution is -2.20. The summed E-state index contributed by atoms with van der Waals surface area (Å²) >= 11 is 1.65. The van der Waals surface area contributed by atoms with Gasteiger partial charge in [0, 0.05) is 11.4 Å². The summed E-state index contributed by atoms with van der Waals surface area (Å²) in [5.74, 6) is 0.445. The predicted octanol–water partition coefficient (Wildman–Crippen LogP) is 3.38. The van der Waals surface area contributed by atoms with Crippen LogP contribution >= 0.6 is 11.8 Å². The van der Waals surface area contributed by atoms with E-state index in [0.717, 1.165) is 17.3 Å². The van der Waals surface area contributed by atoms with Gasteiger partial charge in [-0.05, 0) is 31.5 Å². The highest BCUT2D eigenvalue weighted by molar-refractivity contribution is 8.14. The number of benzene rings is 1. The van der Waals surface area contributed by atoms with Crippen LogP contribution in [0, 0.1) is 17.1 Å². The van der Waals surface area contributed by atoms with Crippen molar-refractivity contribution >= 4 is 22.6 Å². The van der Waals surface area contributed by atoms with Crippen LogP contribution in [-0.4, -0.2) is 16.5 Å². The molecule has 1 aliphatic rings. The van der Waals surface area contributed by atoms with E-state index in [4.69, 9.17) is 5.26 Å². The van der Waals surface area contributed by atoms with E-state index >= 15 is 0 Å². The molecular weight excluding hydrogens is 249 g/mol. The quantitative estimate of drug-likeness (QED) is 0.889. The lowest BCUT2D eigenvalue weighted by atomic mass is 10.0. The molecule has 1 aromatic rings. The Morgan fingerprint density at radius 1 is 1.61 bits per heavy atom. The summed E-state index contributed by atoms with van der Waals surface area (Å²) in [5.41, 5.74) is 0.715. The topological polar surface area (TPSA) is 48.2 Å². The molecule has 0 amide bonds. The van der Waals surface area contributed by atoms with Crippen LogP contribution in [0.15, 0.2) is 23.2 Å². The summed E-state index contributed by atoms with van der Waals surface area (Å²) in [6, 6.07) is 6.23. The maximum atomic E-state index is 13.2. The Bertz CT molecular complexity index is 536. The first-order valence-corrected chi connectivity index (χ1v) is 6.74. The van der Waals surface area contributed by atoms with Crippen LogP contribution in [-0.2, 0) is 0 Å². The van der Waals surface area contributed by atoms with Crippen molar-refractivity contribution in [3.8, 4) is 6.07 Å². The number of nitriles is 1. The van der Waals surface area contributed by atoms with Gasteiger partial charge in [0.15, 0.2) is 5.17 Å². The zero-order valence-corrected chi connectivity index (χ0v) is 11.1. The largest absolute Gasteiger partial charge is 0.335 e. The minimum Gasteiger partial charge on any atom is -0.335 e. The van der Waals surface area contributed by atoms with Crippen molar-refractivity contribution in [2.24, 2.45) is 4.99 Å². The van der Waals surface area contributed by atoms with Crippen molar-refractivity contribution in [3.63, 3.8) is 0 Å². The fourth-order valence-corrected chi connectivity index (χ4v) is 2.78. The molecule has 0 bridgehead atoms. The molecule has 0 aliphatic carbocycles. The molecule has 1 atom stereocenters. The number of nitrogens with zero attached hydrogens (tertiary/aromatic N) is 2. The summed E-state index contributed by atoms with van der Waals surface area (Å²) < 4.78 is 13.2. The van der Waals surface area contributed by atoms with Gasteiger partial charge in [0.2, 0.25) is 0 Å². The SMILES string of the molecule is CCC1(C)CSC(Nc2ccc(F)c(C#N)c2)=N1. The Kier molecular flexibility index (Phi) is 3.58. The maximum Gasteiger partial charge on any atom is 0.161 e. The van der Waals surface area contributed by atoms with Gasteiger partial charge in [-0.15, -0.1) is 0 Å². The number of rotatable bonds is 2. The zero-order valence-electron chi connectivity index (χ0n) is 10.3. The van der Waals surface area contributed by atoms with E-state index in [1.54, 1.807) is 17.8 Å². The van der Waals surface area contributed by atoms with Gasteiger partial charge in [-0.2, -0.15) is 5.26 Å². The molecule has 0 saturated carbocycles. The molecule has 1 unspecified atom stereocenters. The lowest BCUT2D eigenvalue weighted by Gasteiger charge is -2.15. The first kappa shape index (κ1) is 12.9. The second-order valence-electron chi connectivity index (χ2n) is 4.49. The number of hydrogen-bond donors (Lipinski definition) is 1. The molecule has 1 N–H and O–H groups in total. The van der Waals surface area contributed by atoms with E-state index in [-0.39, 0.29) is 11.1 Å². The van der Waals surface area contributed by atoms with Gasteiger partial charge in [0.1, 0.15) is 11.9 Å². The Morgan fingerprint density at radius 2 is 2.39 bits per heavy atom. The number of aliphatic imine (C=N–C) groups is 1. The highest BCUT2D eigenvalue weighted by Gasteiger charge is 2.28. The summed E-state index contributed by atoms with van der Waals surface area (Å²) in [6.45, 7) is 4.22. The summed E-state index contributed by atoms with van der Waals surface area (Å²) in [5, 5.41) is 12.7. The first-order chi connectivity index (χ1) is 8.56. The Hall–Kier alpha value is -1.54. The van der Waals surface area contributed by atoms with Gasteiger partial charge in [0.25, 0.3) is 0 Å². The molecule has 1 heterocycles. The van der Waals surface area contributed by atoms with E-state index in [1.807, 2.05) is 6.07 Å². The zero-order chi connectivity index (χ0) is 13.2. The predicted molar refractivity (Wildman–Crippen MR) is 73.3 cm³/mol. The van der Waals surface area contributed by atoms with Crippen molar-refractivity contribution in [1.29, 1.82) is 5.26 Å². The molecule has 0 saturated heterocycles. The third-order valence-corrected chi connectivity index (χ3v) is 4.22. The summed E-state index contributed by atoms with van der Waals surface area (Å²) in [7, 11) is 0. The van der Waals surface area contributed by atoms with Crippen LogP contribution < -0.4 is 5.32 Å². The van der Waals surface area contributed by atoms with Crippen molar-refractivity contribution < 1.29 is 4.39 Å². The van der Waals surface area contributed by atoms with Crippen molar-refractivity contribution in [1.82, 2.24) is 0 Å². The van der Waals surface area contributed by atoms with E-state index in [9.17, 15) is 4.39 Å². The van der Waals surface area contributed by atoms with Gasteiger partial charge in [-0.3, -0.25) is 4.99 Å². The van der Waals surface area contributed by atoms with E-state index < -0.39 is 5.82 Å². The fourth-order valence-electron chi connectivity index (χ4n) is 1.59. The average Bonchev–Trinajstić information content (AvgIpc) is 2.74. The number of nitrogens with one attached hydrogen (secondary N) is 1. The molecular formula is C13H14FN3S. The van der Waals surface area contributed by atoms with Crippen molar-refractivity contribution in [2.45, 2.75) is 25.8 Å². The standard InChI is InChI=1S/C13H14FN3S/c1-3-13(2)8-18-12(17-13)16-10-4-5-11(14)9(6-10)7-15/h4-6H,3,8H2,1-2H3,(H,16,17). The van der Waals surface area contributed by atoms with Gasteiger partial charge < -0.3 is 5.32 Å².